The second kappa shape index (κ2) is 10.8. The van der Waals surface area contributed by atoms with Crippen molar-refractivity contribution in [3.63, 3.8) is 0 Å². The van der Waals surface area contributed by atoms with Crippen molar-refractivity contribution in [2.75, 3.05) is 0 Å². The minimum atomic E-state index is -1.32. The van der Waals surface area contributed by atoms with Gasteiger partial charge in [-0.15, -0.1) is 0 Å². The number of unbranched alkanes of at least 4 members (excludes halogenated alkanes) is 3. The van der Waals surface area contributed by atoms with Crippen LogP contribution < -0.4 is 0 Å². The quantitative estimate of drug-likeness (QED) is 0.303. The summed E-state index contributed by atoms with van der Waals surface area (Å²) in [5.41, 5.74) is -1.07. The van der Waals surface area contributed by atoms with Crippen LogP contribution in [0.25, 0.3) is 0 Å². The van der Waals surface area contributed by atoms with Gasteiger partial charge < -0.3 is 15.3 Å². The highest BCUT2D eigenvalue weighted by Gasteiger charge is 2.35. The number of rotatable bonds is 11. The molecule has 3 N–H and O–H groups in total. The molecule has 138 valence electrons. The Labute approximate surface area is 149 Å². The standard InChI is InChI=1S/C20H28O5/c1-2-3-4-5-6-7-14-20(25)15-13-18(22)17(20)10-8-9-16(21)11-12-19(23)24/h6-10,13,15-16,21,25H,2-5,11-12,14H2,1H3,(H,23,24)/b7-6-,9-8+,17-10?/t16-,20-/m0/s1. The molecule has 1 rings (SSSR count). The van der Waals surface area contributed by atoms with E-state index in [0.717, 1.165) is 19.3 Å². The SMILES string of the molecule is CCCCC/C=C\C[C@]1(O)C=CC(=O)C1=C/C=C/[C@H](O)CCC(=O)O. The third-order valence-corrected chi connectivity index (χ3v) is 4.06. The molecular weight excluding hydrogens is 320 g/mol. The summed E-state index contributed by atoms with van der Waals surface area (Å²) in [6.07, 6.45) is 14.9. The van der Waals surface area contributed by atoms with Crippen LogP contribution in [0.2, 0.25) is 0 Å². The van der Waals surface area contributed by atoms with E-state index in [2.05, 4.69) is 6.92 Å². The fourth-order valence-electron chi connectivity index (χ4n) is 2.55. The minimum Gasteiger partial charge on any atom is -0.481 e. The average Bonchev–Trinajstić information content (AvgIpc) is 2.85. The highest BCUT2D eigenvalue weighted by atomic mass is 16.4. The van der Waals surface area contributed by atoms with Crippen LogP contribution in [0.1, 0.15) is 51.9 Å². The van der Waals surface area contributed by atoms with Gasteiger partial charge in [-0.05, 0) is 31.4 Å². The number of carboxylic acid groups (broad SMARTS) is 1. The Morgan fingerprint density at radius 1 is 1.32 bits per heavy atom. The van der Waals surface area contributed by atoms with Gasteiger partial charge in [-0.3, -0.25) is 9.59 Å². The zero-order valence-electron chi connectivity index (χ0n) is 14.7. The zero-order valence-corrected chi connectivity index (χ0v) is 14.7. The van der Waals surface area contributed by atoms with E-state index >= 15 is 0 Å². The van der Waals surface area contributed by atoms with Gasteiger partial charge >= 0.3 is 5.97 Å². The van der Waals surface area contributed by atoms with E-state index in [4.69, 9.17) is 5.11 Å². The molecule has 0 fully saturated rings. The number of carbonyl (C=O) groups is 2. The third-order valence-electron chi connectivity index (χ3n) is 4.06. The van der Waals surface area contributed by atoms with Crippen molar-refractivity contribution in [2.45, 2.75) is 63.6 Å². The van der Waals surface area contributed by atoms with Crippen molar-refractivity contribution in [1.82, 2.24) is 0 Å². The van der Waals surface area contributed by atoms with Crippen LogP contribution in [-0.4, -0.2) is 38.8 Å². The molecule has 0 spiro atoms. The highest BCUT2D eigenvalue weighted by Crippen LogP contribution is 2.30. The monoisotopic (exact) mass is 348 g/mol. The van der Waals surface area contributed by atoms with Gasteiger partial charge in [-0.1, -0.05) is 50.1 Å². The molecule has 0 aromatic carbocycles. The van der Waals surface area contributed by atoms with Crippen molar-refractivity contribution in [2.24, 2.45) is 0 Å². The molecule has 0 radical (unpaired) electrons. The number of hydrogen-bond acceptors (Lipinski definition) is 4. The van der Waals surface area contributed by atoms with Crippen molar-refractivity contribution in [3.05, 3.63) is 48.1 Å². The summed E-state index contributed by atoms with van der Waals surface area (Å²) in [7, 11) is 0. The molecular formula is C20H28O5. The molecule has 0 saturated carbocycles. The van der Waals surface area contributed by atoms with Gasteiger partial charge in [-0.2, -0.15) is 0 Å². The van der Waals surface area contributed by atoms with Gasteiger partial charge in [0.15, 0.2) is 5.78 Å². The fraction of sp³-hybridized carbons (Fsp3) is 0.500. The van der Waals surface area contributed by atoms with E-state index in [1.807, 2.05) is 12.2 Å². The Bertz CT molecular complexity index is 571. The van der Waals surface area contributed by atoms with Gasteiger partial charge in [0.25, 0.3) is 0 Å². The van der Waals surface area contributed by atoms with Crippen LogP contribution in [0.3, 0.4) is 0 Å². The van der Waals surface area contributed by atoms with Crippen LogP contribution in [0.5, 0.6) is 0 Å². The predicted octanol–water partition coefficient (Wildman–Crippen LogP) is 3.09. The first-order chi connectivity index (χ1) is 11.9. The normalized spacial score (nSPS) is 23.3. The first-order valence-corrected chi connectivity index (χ1v) is 8.79. The molecule has 0 amide bonds. The van der Waals surface area contributed by atoms with Gasteiger partial charge in [0.05, 0.1) is 6.10 Å². The van der Waals surface area contributed by atoms with Crippen molar-refractivity contribution < 1.29 is 24.9 Å². The highest BCUT2D eigenvalue weighted by molar-refractivity contribution is 6.09. The number of allylic oxidation sites excluding steroid dienone is 4. The number of ketones is 1. The van der Waals surface area contributed by atoms with Gasteiger partial charge in [0.1, 0.15) is 5.60 Å². The Kier molecular flexibility index (Phi) is 9.10. The smallest absolute Gasteiger partial charge is 0.303 e. The van der Waals surface area contributed by atoms with Gasteiger partial charge in [-0.25, -0.2) is 0 Å². The maximum Gasteiger partial charge on any atom is 0.303 e. The molecule has 2 atom stereocenters. The van der Waals surface area contributed by atoms with Crippen molar-refractivity contribution in [3.8, 4) is 0 Å². The first kappa shape index (κ1) is 21.1. The minimum absolute atomic E-state index is 0.103. The fourth-order valence-corrected chi connectivity index (χ4v) is 2.55. The number of aliphatic hydroxyl groups excluding tert-OH is 1. The summed E-state index contributed by atoms with van der Waals surface area (Å²) in [4.78, 5) is 22.4. The molecule has 1 aliphatic carbocycles. The molecule has 5 nitrogen and oxygen atoms in total. The molecule has 25 heavy (non-hydrogen) atoms. The lowest BCUT2D eigenvalue weighted by Gasteiger charge is -2.20. The lowest BCUT2D eigenvalue weighted by molar-refractivity contribution is -0.137. The summed E-state index contributed by atoms with van der Waals surface area (Å²) >= 11 is 0. The van der Waals surface area contributed by atoms with Gasteiger partial charge in [0, 0.05) is 18.4 Å². The lowest BCUT2D eigenvalue weighted by atomic mass is 9.92. The summed E-state index contributed by atoms with van der Waals surface area (Å²) in [6, 6.07) is 0. The van der Waals surface area contributed by atoms with Crippen LogP contribution in [0.15, 0.2) is 48.1 Å². The summed E-state index contributed by atoms with van der Waals surface area (Å²) in [5, 5.41) is 28.9. The topological polar surface area (TPSA) is 94.8 Å². The molecule has 0 aliphatic heterocycles. The van der Waals surface area contributed by atoms with E-state index in [1.165, 1.54) is 36.8 Å². The Morgan fingerprint density at radius 2 is 2.08 bits per heavy atom. The molecule has 5 heteroatoms. The maximum atomic E-state index is 11.9. The summed E-state index contributed by atoms with van der Waals surface area (Å²) in [6.45, 7) is 2.14. The molecule has 0 aromatic heterocycles. The number of carboxylic acids is 1. The van der Waals surface area contributed by atoms with E-state index in [9.17, 15) is 19.8 Å². The van der Waals surface area contributed by atoms with E-state index in [1.54, 1.807) is 0 Å². The summed E-state index contributed by atoms with van der Waals surface area (Å²) in [5.74, 6) is -1.23. The molecule has 1 aliphatic rings. The average molecular weight is 348 g/mol. The lowest BCUT2D eigenvalue weighted by Crippen LogP contribution is -2.27. The van der Waals surface area contributed by atoms with Crippen LogP contribution in [0, 0.1) is 0 Å². The Balaban J connectivity index is 2.62. The second-order valence-electron chi connectivity index (χ2n) is 6.26. The molecule has 0 unspecified atom stereocenters. The van der Waals surface area contributed by atoms with Crippen molar-refractivity contribution in [1.29, 1.82) is 0 Å². The number of carbonyl (C=O) groups excluding carboxylic acids is 1. The molecule has 0 saturated heterocycles. The maximum absolute atomic E-state index is 11.9. The van der Waals surface area contributed by atoms with Gasteiger partial charge in [0.2, 0.25) is 0 Å². The number of aliphatic hydroxyl groups is 2. The van der Waals surface area contributed by atoms with Crippen LogP contribution >= 0.6 is 0 Å². The Morgan fingerprint density at radius 3 is 2.76 bits per heavy atom. The van der Waals surface area contributed by atoms with Crippen LogP contribution in [0.4, 0.5) is 0 Å². The second-order valence-corrected chi connectivity index (χ2v) is 6.26. The number of aliphatic carboxylic acids is 1. The van der Waals surface area contributed by atoms with E-state index in [0.29, 0.717) is 6.42 Å². The zero-order chi connectivity index (χ0) is 18.7. The third kappa shape index (κ3) is 7.63. The van der Waals surface area contributed by atoms with Crippen LogP contribution in [-0.2, 0) is 9.59 Å². The number of hydrogen-bond donors (Lipinski definition) is 3. The molecule has 0 bridgehead atoms. The molecule has 0 heterocycles. The first-order valence-electron chi connectivity index (χ1n) is 8.79. The molecule has 0 aromatic rings. The predicted molar refractivity (Wildman–Crippen MR) is 97.1 cm³/mol. The Hall–Kier alpha value is -1.98. The van der Waals surface area contributed by atoms with Crippen molar-refractivity contribution >= 4 is 11.8 Å². The van der Waals surface area contributed by atoms with E-state index < -0.39 is 17.7 Å². The summed E-state index contributed by atoms with van der Waals surface area (Å²) < 4.78 is 0. The largest absolute Gasteiger partial charge is 0.481 e. The van der Waals surface area contributed by atoms with E-state index in [-0.39, 0.29) is 24.2 Å².